The SMILES string of the molecule is Cc1c(CN2CCSCC2)cccc1NC(=O)c1cccc(N)c1. The molecule has 0 aliphatic carbocycles. The van der Waals surface area contributed by atoms with Gasteiger partial charge in [-0.15, -0.1) is 0 Å². The first-order valence-electron chi connectivity index (χ1n) is 8.19. The number of nitrogen functional groups attached to an aromatic ring is 1. The first-order chi connectivity index (χ1) is 11.6. The molecule has 2 aromatic carbocycles. The number of carbonyl (C=O) groups excluding carboxylic acids is 1. The lowest BCUT2D eigenvalue weighted by molar-refractivity contribution is 0.102. The molecule has 1 fully saturated rings. The molecule has 126 valence electrons. The molecule has 0 aromatic heterocycles. The van der Waals surface area contributed by atoms with Crippen molar-refractivity contribution >= 4 is 29.0 Å². The second kappa shape index (κ2) is 7.73. The number of nitrogens with two attached hydrogens (primary N) is 1. The maximum absolute atomic E-state index is 12.4. The molecule has 4 nitrogen and oxygen atoms in total. The third-order valence-electron chi connectivity index (χ3n) is 4.34. The average Bonchev–Trinajstić information content (AvgIpc) is 2.59. The van der Waals surface area contributed by atoms with Crippen LogP contribution in [0, 0.1) is 6.92 Å². The maximum Gasteiger partial charge on any atom is 0.255 e. The van der Waals surface area contributed by atoms with Gasteiger partial charge in [0.25, 0.3) is 5.91 Å². The summed E-state index contributed by atoms with van der Waals surface area (Å²) >= 11 is 2.01. The number of anilines is 2. The van der Waals surface area contributed by atoms with Crippen LogP contribution in [0.3, 0.4) is 0 Å². The Hall–Kier alpha value is -1.98. The van der Waals surface area contributed by atoms with E-state index in [-0.39, 0.29) is 5.91 Å². The van der Waals surface area contributed by atoms with E-state index in [9.17, 15) is 4.79 Å². The van der Waals surface area contributed by atoms with Crippen LogP contribution in [0.1, 0.15) is 21.5 Å². The van der Waals surface area contributed by atoms with Gasteiger partial charge < -0.3 is 11.1 Å². The Kier molecular flexibility index (Phi) is 5.43. The number of amides is 1. The number of hydrogen-bond acceptors (Lipinski definition) is 4. The standard InChI is InChI=1S/C19H23N3OS/c1-14-16(13-22-8-10-24-11-9-22)5-3-7-18(14)21-19(23)15-4-2-6-17(20)12-15/h2-7,12H,8-11,13,20H2,1H3,(H,21,23). The zero-order valence-electron chi connectivity index (χ0n) is 13.9. The van der Waals surface area contributed by atoms with Crippen molar-refractivity contribution < 1.29 is 4.79 Å². The zero-order valence-corrected chi connectivity index (χ0v) is 14.7. The molecular weight excluding hydrogens is 318 g/mol. The molecular formula is C19H23N3OS. The summed E-state index contributed by atoms with van der Waals surface area (Å²) in [6, 6.07) is 13.1. The number of rotatable bonds is 4. The summed E-state index contributed by atoms with van der Waals surface area (Å²) in [6.45, 7) is 5.27. The van der Waals surface area contributed by atoms with Crippen LogP contribution in [0.2, 0.25) is 0 Å². The van der Waals surface area contributed by atoms with Gasteiger partial charge in [0, 0.05) is 48.1 Å². The van der Waals surface area contributed by atoms with E-state index < -0.39 is 0 Å². The number of hydrogen-bond donors (Lipinski definition) is 2. The summed E-state index contributed by atoms with van der Waals surface area (Å²) in [4.78, 5) is 14.9. The molecule has 2 aromatic rings. The fraction of sp³-hybridized carbons (Fsp3) is 0.316. The molecule has 24 heavy (non-hydrogen) atoms. The predicted molar refractivity (Wildman–Crippen MR) is 103 cm³/mol. The highest BCUT2D eigenvalue weighted by atomic mass is 32.2. The van der Waals surface area contributed by atoms with Gasteiger partial charge in [-0.3, -0.25) is 9.69 Å². The third-order valence-corrected chi connectivity index (χ3v) is 5.28. The van der Waals surface area contributed by atoms with Crippen LogP contribution < -0.4 is 11.1 Å². The number of benzene rings is 2. The minimum atomic E-state index is -0.128. The first kappa shape index (κ1) is 16.9. The van der Waals surface area contributed by atoms with Crippen molar-refractivity contribution in [2.45, 2.75) is 13.5 Å². The molecule has 0 unspecified atom stereocenters. The van der Waals surface area contributed by atoms with Gasteiger partial charge in [-0.25, -0.2) is 0 Å². The Morgan fingerprint density at radius 2 is 1.96 bits per heavy atom. The van der Waals surface area contributed by atoms with Crippen LogP contribution in [-0.4, -0.2) is 35.4 Å². The molecule has 0 radical (unpaired) electrons. The number of carbonyl (C=O) groups is 1. The highest BCUT2D eigenvalue weighted by molar-refractivity contribution is 7.99. The fourth-order valence-electron chi connectivity index (χ4n) is 2.86. The molecule has 3 N–H and O–H groups in total. The Labute approximate surface area is 147 Å². The van der Waals surface area contributed by atoms with E-state index in [0.29, 0.717) is 11.3 Å². The largest absolute Gasteiger partial charge is 0.399 e. The van der Waals surface area contributed by atoms with Gasteiger partial charge in [0.1, 0.15) is 0 Å². The van der Waals surface area contributed by atoms with Crippen LogP contribution in [0.15, 0.2) is 42.5 Å². The molecule has 3 rings (SSSR count). The molecule has 0 saturated carbocycles. The van der Waals surface area contributed by atoms with Crippen molar-refractivity contribution in [1.29, 1.82) is 0 Å². The Bertz CT molecular complexity index is 726. The normalized spacial score (nSPS) is 15.2. The van der Waals surface area contributed by atoms with E-state index in [4.69, 9.17) is 5.73 Å². The summed E-state index contributed by atoms with van der Waals surface area (Å²) in [6.07, 6.45) is 0. The molecule has 1 amide bonds. The molecule has 1 saturated heterocycles. The van der Waals surface area contributed by atoms with Gasteiger partial charge in [-0.1, -0.05) is 18.2 Å². The van der Waals surface area contributed by atoms with E-state index >= 15 is 0 Å². The molecule has 1 aliphatic heterocycles. The summed E-state index contributed by atoms with van der Waals surface area (Å²) in [5.74, 6) is 2.27. The first-order valence-corrected chi connectivity index (χ1v) is 9.34. The van der Waals surface area contributed by atoms with Crippen LogP contribution in [0.4, 0.5) is 11.4 Å². The van der Waals surface area contributed by atoms with Crippen molar-refractivity contribution in [3.63, 3.8) is 0 Å². The second-order valence-corrected chi connectivity index (χ2v) is 7.28. The van der Waals surface area contributed by atoms with E-state index in [1.807, 2.05) is 23.9 Å². The van der Waals surface area contributed by atoms with E-state index in [1.165, 1.54) is 17.1 Å². The van der Waals surface area contributed by atoms with E-state index in [2.05, 4.69) is 23.2 Å². The second-order valence-electron chi connectivity index (χ2n) is 6.06. The molecule has 0 bridgehead atoms. The highest BCUT2D eigenvalue weighted by Gasteiger charge is 2.14. The Morgan fingerprint density at radius 1 is 1.21 bits per heavy atom. The lowest BCUT2D eigenvalue weighted by Crippen LogP contribution is -2.32. The summed E-state index contributed by atoms with van der Waals surface area (Å²) in [7, 11) is 0. The number of nitrogens with one attached hydrogen (secondary N) is 1. The van der Waals surface area contributed by atoms with E-state index in [1.54, 1.807) is 24.3 Å². The number of nitrogens with zero attached hydrogens (tertiary/aromatic N) is 1. The average molecular weight is 341 g/mol. The van der Waals surface area contributed by atoms with Gasteiger partial charge in [0.15, 0.2) is 0 Å². The van der Waals surface area contributed by atoms with Crippen molar-refractivity contribution in [3.8, 4) is 0 Å². The third kappa shape index (κ3) is 4.10. The monoisotopic (exact) mass is 341 g/mol. The summed E-state index contributed by atoms with van der Waals surface area (Å²) in [5, 5.41) is 3.01. The van der Waals surface area contributed by atoms with Gasteiger partial charge in [-0.2, -0.15) is 11.8 Å². The van der Waals surface area contributed by atoms with Gasteiger partial charge in [-0.05, 0) is 42.3 Å². The van der Waals surface area contributed by atoms with Crippen LogP contribution in [0.5, 0.6) is 0 Å². The van der Waals surface area contributed by atoms with Crippen LogP contribution in [0.25, 0.3) is 0 Å². The lowest BCUT2D eigenvalue weighted by atomic mass is 10.1. The van der Waals surface area contributed by atoms with Crippen molar-refractivity contribution in [2.24, 2.45) is 0 Å². The molecule has 0 atom stereocenters. The van der Waals surface area contributed by atoms with Crippen molar-refractivity contribution in [1.82, 2.24) is 4.90 Å². The summed E-state index contributed by atoms with van der Waals surface area (Å²) < 4.78 is 0. The number of thioether (sulfide) groups is 1. The van der Waals surface area contributed by atoms with Gasteiger partial charge >= 0.3 is 0 Å². The Morgan fingerprint density at radius 3 is 2.71 bits per heavy atom. The molecule has 5 heteroatoms. The highest BCUT2D eigenvalue weighted by Crippen LogP contribution is 2.22. The van der Waals surface area contributed by atoms with Gasteiger partial charge in [0.05, 0.1) is 0 Å². The maximum atomic E-state index is 12.4. The molecule has 1 heterocycles. The quantitative estimate of drug-likeness (QED) is 0.837. The van der Waals surface area contributed by atoms with Crippen molar-refractivity contribution in [3.05, 3.63) is 59.2 Å². The Balaban J connectivity index is 1.74. The van der Waals surface area contributed by atoms with Gasteiger partial charge in [0.2, 0.25) is 0 Å². The van der Waals surface area contributed by atoms with Crippen LogP contribution >= 0.6 is 11.8 Å². The van der Waals surface area contributed by atoms with Crippen molar-refractivity contribution in [2.75, 3.05) is 35.6 Å². The minimum Gasteiger partial charge on any atom is -0.399 e. The predicted octanol–water partition coefficient (Wildman–Crippen LogP) is 3.38. The zero-order chi connectivity index (χ0) is 16.9. The summed E-state index contributed by atoms with van der Waals surface area (Å²) in [5.41, 5.74) is 10.2. The fourth-order valence-corrected chi connectivity index (χ4v) is 3.84. The lowest BCUT2D eigenvalue weighted by Gasteiger charge is -2.27. The topological polar surface area (TPSA) is 58.4 Å². The molecule has 1 aliphatic rings. The van der Waals surface area contributed by atoms with Crippen LogP contribution in [-0.2, 0) is 6.54 Å². The molecule has 0 spiro atoms. The minimum absolute atomic E-state index is 0.128. The van der Waals surface area contributed by atoms with E-state index in [0.717, 1.165) is 30.9 Å². The smallest absolute Gasteiger partial charge is 0.255 e.